The van der Waals surface area contributed by atoms with E-state index in [2.05, 4.69) is 22.1 Å². The Morgan fingerprint density at radius 3 is 2.89 bits per heavy atom. The standard InChI is InChI=1S/C14H21N3O2/c1-2-9-17(12-4-6-15-7-5-12)13-10-11(14(18)19)3-8-16-13/h3,8,10,12,15H,2,4-7,9H2,1H3,(H,18,19). The van der Waals surface area contributed by atoms with Crippen LogP contribution >= 0.6 is 0 Å². The second-order valence-electron chi connectivity index (χ2n) is 4.88. The second kappa shape index (κ2) is 6.52. The minimum atomic E-state index is -0.898. The predicted octanol–water partition coefficient (Wildman–Crippen LogP) is 1.75. The summed E-state index contributed by atoms with van der Waals surface area (Å²) in [5.74, 6) is -0.112. The lowest BCUT2D eigenvalue weighted by molar-refractivity contribution is 0.0696. The number of nitrogens with one attached hydrogen (secondary N) is 1. The van der Waals surface area contributed by atoms with Crippen LogP contribution in [0.4, 0.5) is 5.82 Å². The number of pyridine rings is 1. The highest BCUT2D eigenvalue weighted by Crippen LogP contribution is 2.21. The van der Waals surface area contributed by atoms with Gasteiger partial charge in [-0.3, -0.25) is 0 Å². The monoisotopic (exact) mass is 263 g/mol. The van der Waals surface area contributed by atoms with Gasteiger partial charge in [0.1, 0.15) is 5.82 Å². The molecule has 0 atom stereocenters. The van der Waals surface area contributed by atoms with Gasteiger partial charge >= 0.3 is 5.97 Å². The van der Waals surface area contributed by atoms with E-state index < -0.39 is 5.97 Å². The van der Waals surface area contributed by atoms with Gasteiger partial charge in [0.15, 0.2) is 0 Å². The van der Waals surface area contributed by atoms with E-state index in [4.69, 9.17) is 5.11 Å². The quantitative estimate of drug-likeness (QED) is 0.847. The first-order valence-corrected chi connectivity index (χ1v) is 6.89. The first-order valence-electron chi connectivity index (χ1n) is 6.89. The number of aromatic nitrogens is 1. The van der Waals surface area contributed by atoms with Gasteiger partial charge in [-0.25, -0.2) is 9.78 Å². The largest absolute Gasteiger partial charge is 0.478 e. The SMILES string of the molecule is CCCN(c1cc(C(=O)O)ccn1)C1CCNCC1. The molecule has 0 amide bonds. The van der Waals surface area contributed by atoms with Crippen LogP contribution in [0.1, 0.15) is 36.5 Å². The Kier molecular flexibility index (Phi) is 4.74. The predicted molar refractivity (Wildman–Crippen MR) is 74.7 cm³/mol. The molecule has 0 radical (unpaired) electrons. The summed E-state index contributed by atoms with van der Waals surface area (Å²) in [4.78, 5) is 17.7. The molecule has 1 aromatic rings. The van der Waals surface area contributed by atoms with E-state index in [1.807, 2.05) is 0 Å². The van der Waals surface area contributed by atoms with Crippen LogP contribution in [0.15, 0.2) is 18.3 Å². The van der Waals surface area contributed by atoms with Crippen LogP contribution in [-0.2, 0) is 0 Å². The lowest BCUT2D eigenvalue weighted by Gasteiger charge is -2.35. The van der Waals surface area contributed by atoms with Crippen LogP contribution in [0.2, 0.25) is 0 Å². The highest BCUT2D eigenvalue weighted by molar-refractivity contribution is 5.88. The molecule has 2 heterocycles. The number of carboxylic acid groups (broad SMARTS) is 1. The van der Waals surface area contributed by atoms with Crippen molar-refractivity contribution in [3.8, 4) is 0 Å². The van der Waals surface area contributed by atoms with Crippen LogP contribution in [0, 0.1) is 0 Å². The minimum Gasteiger partial charge on any atom is -0.478 e. The van der Waals surface area contributed by atoms with E-state index in [0.29, 0.717) is 11.6 Å². The van der Waals surface area contributed by atoms with E-state index in [1.54, 1.807) is 18.3 Å². The molecular weight excluding hydrogens is 242 g/mol. The maximum absolute atomic E-state index is 11.1. The number of piperidine rings is 1. The third-order valence-corrected chi connectivity index (χ3v) is 3.50. The van der Waals surface area contributed by atoms with Gasteiger partial charge in [-0.05, 0) is 44.5 Å². The summed E-state index contributed by atoms with van der Waals surface area (Å²) in [6.45, 7) is 5.09. The molecule has 2 rings (SSSR count). The van der Waals surface area contributed by atoms with Crippen molar-refractivity contribution < 1.29 is 9.90 Å². The van der Waals surface area contributed by atoms with Crippen LogP contribution in [0.3, 0.4) is 0 Å². The molecule has 1 aromatic heterocycles. The van der Waals surface area contributed by atoms with Crippen molar-refractivity contribution in [2.75, 3.05) is 24.5 Å². The topological polar surface area (TPSA) is 65.5 Å². The molecule has 0 bridgehead atoms. The van der Waals surface area contributed by atoms with Crippen molar-refractivity contribution in [2.45, 2.75) is 32.2 Å². The van der Waals surface area contributed by atoms with Gasteiger partial charge in [-0.2, -0.15) is 0 Å². The number of carboxylic acids is 1. The van der Waals surface area contributed by atoms with Crippen molar-refractivity contribution in [3.05, 3.63) is 23.9 Å². The normalized spacial score (nSPS) is 16.3. The van der Waals surface area contributed by atoms with Crippen molar-refractivity contribution in [1.82, 2.24) is 10.3 Å². The van der Waals surface area contributed by atoms with Gasteiger partial charge in [0.05, 0.1) is 5.56 Å². The Bertz CT molecular complexity index is 430. The van der Waals surface area contributed by atoms with E-state index >= 15 is 0 Å². The highest BCUT2D eigenvalue weighted by Gasteiger charge is 2.22. The van der Waals surface area contributed by atoms with Gasteiger partial charge in [0.25, 0.3) is 0 Å². The molecule has 0 aliphatic carbocycles. The summed E-state index contributed by atoms with van der Waals surface area (Å²) in [5.41, 5.74) is 0.306. The first-order chi connectivity index (χ1) is 9.22. The fourth-order valence-electron chi connectivity index (χ4n) is 2.55. The number of hydrogen-bond acceptors (Lipinski definition) is 4. The number of anilines is 1. The molecule has 1 fully saturated rings. The van der Waals surface area contributed by atoms with E-state index in [9.17, 15) is 4.79 Å². The zero-order chi connectivity index (χ0) is 13.7. The number of hydrogen-bond donors (Lipinski definition) is 2. The average molecular weight is 263 g/mol. The van der Waals surface area contributed by atoms with Crippen LogP contribution in [0.25, 0.3) is 0 Å². The molecular formula is C14H21N3O2. The van der Waals surface area contributed by atoms with Gasteiger partial charge in [0, 0.05) is 18.8 Å². The molecule has 0 unspecified atom stereocenters. The highest BCUT2D eigenvalue weighted by atomic mass is 16.4. The van der Waals surface area contributed by atoms with Gasteiger partial charge in [-0.1, -0.05) is 6.92 Å². The number of aromatic carboxylic acids is 1. The molecule has 0 saturated carbocycles. The fourth-order valence-corrected chi connectivity index (χ4v) is 2.55. The second-order valence-corrected chi connectivity index (χ2v) is 4.88. The summed E-state index contributed by atoms with van der Waals surface area (Å²) in [7, 11) is 0. The molecule has 0 aromatic carbocycles. The van der Waals surface area contributed by atoms with Crippen molar-refractivity contribution in [2.24, 2.45) is 0 Å². The van der Waals surface area contributed by atoms with Crippen LogP contribution in [-0.4, -0.2) is 41.7 Å². The molecule has 1 saturated heterocycles. The third-order valence-electron chi connectivity index (χ3n) is 3.50. The lowest BCUT2D eigenvalue weighted by Crippen LogP contribution is -2.44. The number of rotatable bonds is 5. The molecule has 1 aliphatic rings. The summed E-state index contributed by atoms with van der Waals surface area (Å²) in [5, 5.41) is 12.4. The van der Waals surface area contributed by atoms with E-state index in [1.165, 1.54) is 0 Å². The maximum Gasteiger partial charge on any atom is 0.335 e. The molecule has 5 nitrogen and oxygen atoms in total. The molecule has 1 aliphatic heterocycles. The Labute approximate surface area is 113 Å². The Morgan fingerprint density at radius 1 is 1.53 bits per heavy atom. The molecule has 5 heteroatoms. The van der Waals surface area contributed by atoms with Crippen molar-refractivity contribution in [1.29, 1.82) is 0 Å². The third kappa shape index (κ3) is 3.44. The van der Waals surface area contributed by atoms with Gasteiger partial charge in [-0.15, -0.1) is 0 Å². The summed E-state index contributed by atoms with van der Waals surface area (Å²) in [6, 6.07) is 3.68. The first kappa shape index (κ1) is 13.8. The smallest absolute Gasteiger partial charge is 0.335 e. The maximum atomic E-state index is 11.1. The van der Waals surface area contributed by atoms with Crippen molar-refractivity contribution in [3.63, 3.8) is 0 Å². The van der Waals surface area contributed by atoms with Crippen LogP contribution in [0.5, 0.6) is 0 Å². The fraction of sp³-hybridized carbons (Fsp3) is 0.571. The Balaban J connectivity index is 2.22. The molecule has 104 valence electrons. The summed E-state index contributed by atoms with van der Waals surface area (Å²) >= 11 is 0. The Morgan fingerprint density at radius 2 is 2.26 bits per heavy atom. The van der Waals surface area contributed by atoms with Crippen molar-refractivity contribution >= 4 is 11.8 Å². The molecule has 0 spiro atoms. The molecule has 2 N–H and O–H groups in total. The zero-order valence-corrected chi connectivity index (χ0v) is 11.3. The summed E-state index contributed by atoms with van der Waals surface area (Å²) < 4.78 is 0. The van der Waals surface area contributed by atoms with E-state index in [0.717, 1.165) is 44.7 Å². The number of carbonyl (C=O) groups is 1. The average Bonchev–Trinajstić information content (AvgIpc) is 2.46. The Hall–Kier alpha value is -1.62. The lowest BCUT2D eigenvalue weighted by atomic mass is 10.0. The van der Waals surface area contributed by atoms with Crippen LogP contribution < -0.4 is 10.2 Å². The number of nitrogens with zero attached hydrogens (tertiary/aromatic N) is 2. The summed E-state index contributed by atoms with van der Waals surface area (Å²) in [6.07, 6.45) is 4.78. The van der Waals surface area contributed by atoms with E-state index in [-0.39, 0.29) is 0 Å². The van der Waals surface area contributed by atoms with Gasteiger partial charge in [0.2, 0.25) is 0 Å². The zero-order valence-electron chi connectivity index (χ0n) is 11.3. The molecule has 19 heavy (non-hydrogen) atoms. The minimum absolute atomic E-state index is 0.306. The van der Waals surface area contributed by atoms with Gasteiger partial charge < -0.3 is 15.3 Å².